The number of amides is 1. The monoisotopic (exact) mass is 221 g/mol. The summed E-state index contributed by atoms with van der Waals surface area (Å²) < 4.78 is 5.30. The van der Waals surface area contributed by atoms with Crippen molar-refractivity contribution in [1.29, 1.82) is 0 Å². The van der Waals surface area contributed by atoms with Crippen molar-refractivity contribution in [3.8, 4) is 5.75 Å². The van der Waals surface area contributed by atoms with Crippen molar-refractivity contribution in [3.63, 3.8) is 0 Å². The van der Waals surface area contributed by atoms with Crippen LogP contribution in [-0.2, 0) is 4.74 Å². The fraction of sp³-hybridized carbons (Fsp3) is 0.417. The number of rotatable bonds is 1. The predicted molar refractivity (Wildman–Crippen MR) is 60.6 cm³/mol. The van der Waals surface area contributed by atoms with E-state index in [1.54, 1.807) is 29.2 Å². The fourth-order valence-corrected chi connectivity index (χ4v) is 1.68. The molecule has 0 bridgehead atoms. The zero-order chi connectivity index (χ0) is 11.8. The third-order valence-corrected chi connectivity index (χ3v) is 2.68. The highest BCUT2D eigenvalue weighted by atomic mass is 16.6. The van der Waals surface area contributed by atoms with E-state index in [-0.39, 0.29) is 17.4 Å². The first-order valence-electron chi connectivity index (χ1n) is 5.27. The Morgan fingerprint density at radius 3 is 2.50 bits per heavy atom. The van der Waals surface area contributed by atoms with Crippen molar-refractivity contribution >= 4 is 11.8 Å². The molecule has 1 aliphatic rings. The second kappa shape index (κ2) is 3.70. The highest BCUT2D eigenvalue weighted by molar-refractivity contribution is 5.88. The SMILES string of the molecule is CC1(C)CCN(c2ccc(O)cc2)C(=O)O1. The van der Waals surface area contributed by atoms with Crippen LogP contribution in [0.2, 0.25) is 0 Å². The molecule has 0 spiro atoms. The molecule has 1 saturated heterocycles. The number of hydrogen-bond acceptors (Lipinski definition) is 3. The number of nitrogens with zero attached hydrogens (tertiary/aromatic N) is 1. The smallest absolute Gasteiger partial charge is 0.414 e. The third-order valence-electron chi connectivity index (χ3n) is 2.68. The lowest BCUT2D eigenvalue weighted by Gasteiger charge is -2.36. The van der Waals surface area contributed by atoms with Crippen LogP contribution in [0, 0.1) is 0 Å². The molecular weight excluding hydrogens is 206 g/mol. The van der Waals surface area contributed by atoms with Crippen molar-refractivity contribution in [1.82, 2.24) is 0 Å². The van der Waals surface area contributed by atoms with Gasteiger partial charge in [-0.15, -0.1) is 0 Å². The highest BCUT2D eigenvalue weighted by Gasteiger charge is 2.33. The molecule has 1 aliphatic heterocycles. The van der Waals surface area contributed by atoms with Gasteiger partial charge < -0.3 is 9.84 Å². The van der Waals surface area contributed by atoms with Crippen LogP contribution in [-0.4, -0.2) is 23.3 Å². The van der Waals surface area contributed by atoms with Crippen LogP contribution < -0.4 is 4.90 Å². The van der Waals surface area contributed by atoms with Crippen LogP contribution in [0.3, 0.4) is 0 Å². The summed E-state index contributed by atoms with van der Waals surface area (Å²) in [4.78, 5) is 13.3. The summed E-state index contributed by atoms with van der Waals surface area (Å²) in [5.41, 5.74) is 0.364. The van der Waals surface area contributed by atoms with E-state index in [1.807, 2.05) is 13.8 Å². The Bertz CT molecular complexity index is 397. The topological polar surface area (TPSA) is 49.8 Å². The molecule has 0 saturated carbocycles. The summed E-state index contributed by atoms with van der Waals surface area (Å²) >= 11 is 0. The largest absolute Gasteiger partial charge is 0.508 e. The number of carbonyl (C=O) groups is 1. The third kappa shape index (κ3) is 2.10. The number of benzene rings is 1. The van der Waals surface area contributed by atoms with E-state index < -0.39 is 0 Å². The molecule has 0 atom stereocenters. The van der Waals surface area contributed by atoms with Gasteiger partial charge in [0.25, 0.3) is 0 Å². The Hall–Kier alpha value is -1.71. The van der Waals surface area contributed by atoms with E-state index >= 15 is 0 Å². The minimum Gasteiger partial charge on any atom is -0.508 e. The average molecular weight is 221 g/mol. The van der Waals surface area contributed by atoms with Gasteiger partial charge in [-0.3, -0.25) is 4.90 Å². The number of aromatic hydroxyl groups is 1. The first-order valence-corrected chi connectivity index (χ1v) is 5.27. The molecule has 4 heteroatoms. The minimum absolute atomic E-state index is 0.189. The standard InChI is InChI=1S/C12H15NO3/c1-12(2)7-8-13(11(15)16-12)9-3-5-10(14)6-4-9/h3-6,14H,7-8H2,1-2H3. The maximum atomic E-state index is 11.7. The van der Waals surface area contributed by atoms with Crippen LogP contribution in [0.4, 0.5) is 10.5 Å². The summed E-state index contributed by atoms with van der Waals surface area (Å²) in [6.45, 7) is 4.44. The molecule has 4 nitrogen and oxygen atoms in total. The van der Waals surface area contributed by atoms with E-state index in [4.69, 9.17) is 9.84 Å². The van der Waals surface area contributed by atoms with Gasteiger partial charge >= 0.3 is 6.09 Å². The summed E-state index contributed by atoms with van der Waals surface area (Å²) in [5.74, 6) is 0.189. The van der Waals surface area contributed by atoms with Gasteiger partial charge in [-0.1, -0.05) is 0 Å². The summed E-state index contributed by atoms with van der Waals surface area (Å²) in [6, 6.07) is 6.52. The molecule has 0 aromatic heterocycles. The number of ether oxygens (including phenoxy) is 1. The van der Waals surface area contributed by atoms with Gasteiger partial charge in [0.15, 0.2) is 0 Å². The van der Waals surface area contributed by atoms with Crippen molar-refractivity contribution in [3.05, 3.63) is 24.3 Å². The molecule has 1 heterocycles. The zero-order valence-electron chi connectivity index (χ0n) is 9.43. The minimum atomic E-state index is -0.384. The normalized spacial score (nSPS) is 19.4. The molecule has 1 aromatic carbocycles. The molecule has 86 valence electrons. The number of phenols is 1. The van der Waals surface area contributed by atoms with Crippen LogP contribution in [0.5, 0.6) is 5.75 Å². The lowest BCUT2D eigenvalue weighted by atomic mass is 10.0. The van der Waals surface area contributed by atoms with Crippen molar-refractivity contribution < 1.29 is 14.6 Å². The first-order chi connectivity index (χ1) is 7.48. The van der Waals surface area contributed by atoms with Gasteiger partial charge in [0.2, 0.25) is 0 Å². The average Bonchev–Trinajstić information content (AvgIpc) is 2.19. The van der Waals surface area contributed by atoms with E-state index in [0.717, 1.165) is 12.1 Å². The molecule has 1 fully saturated rings. The summed E-state index contributed by atoms with van der Waals surface area (Å²) in [7, 11) is 0. The quantitative estimate of drug-likeness (QED) is 0.792. The number of hydrogen-bond donors (Lipinski definition) is 1. The molecule has 1 aromatic rings. The Morgan fingerprint density at radius 2 is 1.94 bits per heavy atom. The predicted octanol–water partition coefficient (Wildman–Crippen LogP) is 2.52. The molecule has 1 N–H and O–H groups in total. The Balaban J connectivity index is 2.17. The Kier molecular flexibility index (Phi) is 2.50. The van der Waals surface area contributed by atoms with E-state index in [9.17, 15) is 4.79 Å². The maximum absolute atomic E-state index is 11.7. The number of carbonyl (C=O) groups excluding carboxylic acids is 1. The summed E-state index contributed by atoms with van der Waals surface area (Å²) in [5, 5.41) is 9.17. The van der Waals surface area contributed by atoms with Crippen molar-refractivity contribution in [2.45, 2.75) is 25.9 Å². The molecule has 1 amide bonds. The second-order valence-electron chi connectivity index (χ2n) is 4.55. The number of cyclic esters (lactones) is 1. The van der Waals surface area contributed by atoms with E-state index in [0.29, 0.717) is 6.54 Å². The first kappa shape index (κ1) is 10.8. The molecule has 0 aliphatic carbocycles. The number of anilines is 1. The number of phenolic OH excluding ortho intramolecular Hbond substituents is 1. The molecule has 16 heavy (non-hydrogen) atoms. The fourth-order valence-electron chi connectivity index (χ4n) is 1.68. The second-order valence-corrected chi connectivity index (χ2v) is 4.55. The van der Waals surface area contributed by atoms with Gasteiger partial charge in [0, 0.05) is 18.7 Å². The Labute approximate surface area is 94.4 Å². The van der Waals surface area contributed by atoms with E-state index in [1.165, 1.54) is 0 Å². The highest BCUT2D eigenvalue weighted by Crippen LogP contribution is 2.27. The van der Waals surface area contributed by atoms with Crippen LogP contribution in [0.15, 0.2) is 24.3 Å². The van der Waals surface area contributed by atoms with Crippen molar-refractivity contribution in [2.75, 3.05) is 11.4 Å². The maximum Gasteiger partial charge on any atom is 0.414 e. The van der Waals surface area contributed by atoms with Gasteiger partial charge in [0.05, 0.1) is 0 Å². The van der Waals surface area contributed by atoms with Crippen molar-refractivity contribution in [2.24, 2.45) is 0 Å². The zero-order valence-corrected chi connectivity index (χ0v) is 9.43. The van der Waals surface area contributed by atoms with Gasteiger partial charge in [-0.25, -0.2) is 4.79 Å². The van der Waals surface area contributed by atoms with Gasteiger partial charge in [-0.2, -0.15) is 0 Å². The van der Waals surface area contributed by atoms with E-state index in [2.05, 4.69) is 0 Å². The molecular formula is C12H15NO3. The lowest BCUT2D eigenvalue weighted by molar-refractivity contribution is 0.0236. The molecule has 0 radical (unpaired) electrons. The van der Waals surface area contributed by atoms with Crippen LogP contribution >= 0.6 is 0 Å². The Morgan fingerprint density at radius 1 is 1.31 bits per heavy atom. The molecule has 0 unspecified atom stereocenters. The van der Waals surface area contributed by atoms with Gasteiger partial charge in [0.1, 0.15) is 11.4 Å². The van der Waals surface area contributed by atoms with Gasteiger partial charge in [-0.05, 0) is 38.1 Å². The molecule has 2 rings (SSSR count). The van der Waals surface area contributed by atoms with Crippen LogP contribution in [0.25, 0.3) is 0 Å². The van der Waals surface area contributed by atoms with Crippen LogP contribution in [0.1, 0.15) is 20.3 Å². The summed E-state index contributed by atoms with van der Waals surface area (Å²) in [6.07, 6.45) is 0.460. The lowest BCUT2D eigenvalue weighted by Crippen LogP contribution is -2.46.